The van der Waals surface area contributed by atoms with Crippen LogP contribution < -0.4 is 10.0 Å². The van der Waals surface area contributed by atoms with Gasteiger partial charge >= 0.3 is 0 Å². The molecule has 104 valence electrons. The molecule has 6 heteroatoms. The molecular weight excluding hydrogens is 262 g/mol. The number of fused-ring (bicyclic) bond motifs is 1. The number of nitrogens with zero attached hydrogens (tertiary/aromatic N) is 1. The van der Waals surface area contributed by atoms with E-state index in [2.05, 4.69) is 28.9 Å². The van der Waals surface area contributed by atoms with Gasteiger partial charge in [0.25, 0.3) is 10.0 Å². The maximum absolute atomic E-state index is 11.9. The van der Waals surface area contributed by atoms with Crippen LogP contribution in [0.2, 0.25) is 0 Å². The van der Waals surface area contributed by atoms with Crippen LogP contribution in [0.1, 0.15) is 19.4 Å². The van der Waals surface area contributed by atoms with Gasteiger partial charge in [-0.15, -0.1) is 0 Å². The van der Waals surface area contributed by atoms with Crippen molar-refractivity contribution in [2.75, 3.05) is 20.1 Å². The highest BCUT2D eigenvalue weighted by Crippen LogP contribution is 2.23. The van der Waals surface area contributed by atoms with Crippen LogP contribution in [0.5, 0.6) is 0 Å². The van der Waals surface area contributed by atoms with Crippen molar-refractivity contribution in [3.05, 3.63) is 29.8 Å². The molecule has 0 aromatic heterocycles. The zero-order valence-corrected chi connectivity index (χ0v) is 12.2. The van der Waals surface area contributed by atoms with Crippen LogP contribution in [0, 0.1) is 5.41 Å². The van der Waals surface area contributed by atoms with Gasteiger partial charge < -0.3 is 5.32 Å². The summed E-state index contributed by atoms with van der Waals surface area (Å²) in [5.41, 5.74) is 0.632. The van der Waals surface area contributed by atoms with Crippen LogP contribution in [0.4, 0.5) is 0 Å². The average Bonchev–Trinajstić information content (AvgIpc) is 2.60. The Bertz CT molecular complexity index is 606. The molecule has 0 amide bonds. The normalized spacial score (nSPS) is 19.2. The van der Waals surface area contributed by atoms with Crippen molar-refractivity contribution >= 4 is 15.9 Å². The first-order valence-corrected chi connectivity index (χ1v) is 7.65. The van der Waals surface area contributed by atoms with Gasteiger partial charge in [-0.25, -0.2) is 8.42 Å². The molecule has 0 bridgehead atoms. The summed E-state index contributed by atoms with van der Waals surface area (Å²) < 4.78 is 26.3. The Morgan fingerprint density at radius 2 is 2.00 bits per heavy atom. The highest BCUT2D eigenvalue weighted by molar-refractivity contribution is 7.90. The third-order valence-electron chi connectivity index (χ3n) is 2.98. The lowest BCUT2D eigenvalue weighted by atomic mass is 9.94. The van der Waals surface area contributed by atoms with Crippen molar-refractivity contribution in [2.45, 2.75) is 18.7 Å². The van der Waals surface area contributed by atoms with Crippen molar-refractivity contribution in [1.82, 2.24) is 10.0 Å². The first kappa shape index (κ1) is 14.0. The summed E-state index contributed by atoms with van der Waals surface area (Å²) in [5, 5.41) is 3.11. The molecule has 1 aromatic carbocycles. The fourth-order valence-electron chi connectivity index (χ4n) is 2.08. The highest BCUT2D eigenvalue weighted by Gasteiger charge is 2.30. The predicted octanol–water partition coefficient (Wildman–Crippen LogP) is 0.971. The van der Waals surface area contributed by atoms with E-state index in [1.54, 1.807) is 18.2 Å². The van der Waals surface area contributed by atoms with E-state index >= 15 is 0 Å². The number of nitrogens with one attached hydrogen (secondary N) is 2. The summed E-state index contributed by atoms with van der Waals surface area (Å²) in [6, 6.07) is 6.90. The fourth-order valence-corrected chi connectivity index (χ4v) is 3.33. The first-order chi connectivity index (χ1) is 8.86. The van der Waals surface area contributed by atoms with Crippen molar-refractivity contribution in [3.63, 3.8) is 0 Å². The number of hydrogen-bond acceptors (Lipinski definition) is 4. The number of amidine groups is 1. The Balaban J connectivity index is 2.29. The molecule has 1 aliphatic heterocycles. The molecule has 0 spiro atoms. The van der Waals surface area contributed by atoms with Crippen molar-refractivity contribution in [3.8, 4) is 0 Å². The number of hydrogen-bond donors (Lipinski definition) is 2. The summed E-state index contributed by atoms with van der Waals surface area (Å²) in [6.07, 6.45) is 0. The molecular formula is C13H19N3O2S. The largest absolute Gasteiger partial charge is 0.319 e. The van der Waals surface area contributed by atoms with Gasteiger partial charge in [-0.1, -0.05) is 26.0 Å². The predicted molar refractivity (Wildman–Crippen MR) is 75.9 cm³/mol. The van der Waals surface area contributed by atoms with Gasteiger partial charge in [-0.3, -0.25) is 9.71 Å². The quantitative estimate of drug-likeness (QED) is 0.864. The summed E-state index contributed by atoms with van der Waals surface area (Å²) in [7, 11) is -1.54. The fraction of sp³-hybridized carbons (Fsp3) is 0.462. The molecule has 19 heavy (non-hydrogen) atoms. The maximum Gasteiger partial charge on any atom is 0.263 e. The Morgan fingerprint density at radius 1 is 1.32 bits per heavy atom. The third-order valence-corrected chi connectivity index (χ3v) is 4.38. The molecule has 1 aliphatic rings. The summed E-state index contributed by atoms with van der Waals surface area (Å²) in [5.74, 6) is 0.444. The van der Waals surface area contributed by atoms with Crippen LogP contribution in [-0.4, -0.2) is 34.4 Å². The van der Waals surface area contributed by atoms with Crippen molar-refractivity contribution in [2.24, 2.45) is 10.4 Å². The Morgan fingerprint density at radius 3 is 2.68 bits per heavy atom. The van der Waals surface area contributed by atoms with Gasteiger partial charge in [0, 0.05) is 18.7 Å². The standard InChI is InChI=1S/C13H19N3O2S/c1-13(2,8-14-3)9-15-12-10-6-4-5-7-11(10)19(17,18)16-12/h4-7,14H,8-9H2,1-3H3,(H,15,16). The van der Waals surface area contributed by atoms with E-state index in [0.29, 0.717) is 22.8 Å². The van der Waals surface area contributed by atoms with Gasteiger partial charge in [0.05, 0.1) is 4.90 Å². The van der Waals surface area contributed by atoms with Gasteiger partial charge in [-0.2, -0.15) is 0 Å². The molecule has 0 radical (unpaired) electrons. The zero-order valence-electron chi connectivity index (χ0n) is 11.4. The molecule has 0 aliphatic carbocycles. The first-order valence-electron chi connectivity index (χ1n) is 6.17. The van der Waals surface area contributed by atoms with Crippen LogP contribution in [0.3, 0.4) is 0 Å². The monoisotopic (exact) mass is 281 g/mol. The van der Waals surface area contributed by atoms with Crippen molar-refractivity contribution in [1.29, 1.82) is 0 Å². The van der Waals surface area contributed by atoms with E-state index in [9.17, 15) is 8.42 Å². The second kappa shape index (κ2) is 4.94. The minimum atomic E-state index is -3.43. The number of benzene rings is 1. The number of aliphatic imine (C=N–C) groups is 1. The molecule has 1 heterocycles. The van der Waals surface area contributed by atoms with Crippen LogP contribution in [0.15, 0.2) is 34.2 Å². The lowest BCUT2D eigenvalue weighted by Crippen LogP contribution is -2.31. The van der Waals surface area contributed by atoms with Crippen LogP contribution in [-0.2, 0) is 10.0 Å². The minimum absolute atomic E-state index is 0.0231. The Kier molecular flexibility index (Phi) is 3.64. The molecule has 0 fully saturated rings. The third kappa shape index (κ3) is 2.96. The molecule has 5 nitrogen and oxygen atoms in total. The van der Waals surface area contributed by atoms with Crippen LogP contribution in [0.25, 0.3) is 0 Å². The topological polar surface area (TPSA) is 70.6 Å². The lowest BCUT2D eigenvalue weighted by Gasteiger charge is -2.21. The summed E-state index contributed by atoms with van der Waals surface area (Å²) in [4.78, 5) is 4.74. The molecule has 0 saturated heterocycles. The van der Waals surface area contributed by atoms with Gasteiger partial charge in [0.2, 0.25) is 0 Å². The zero-order chi connectivity index (χ0) is 14.1. The summed E-state index contributed by atoms with van der Waals surface area (Å²) >= 11 is 0. The number of rotatable bonds is 4. The highest BCUT2D eigenvalue weighted by atomic mass is 32.2. The summed E-state index contributed by atoms with van der Waals surface area (Å²) in [6.45, 7) is 5.55. The van der Waals surface area contributed by atoms with Crippen LogP contribution >= 0.6 is 0 Å². The van der Waals surface area contributed by atoms with Gasteiger partial charge in [-0.05, 0) is 24.6 Å². The van der Waals surface area contributed by atoms with E-state index in [1.165, 1.54) is 0 Å². The molecule has 0 unspecified atom stereocenters. The molecule has 2 rings (SSSR count). The van der Waals surface area contributed by atoms with E-state index in [1.807, 2.05) is 13.1 Å². The molecule has 0 atom stereocenters. The van der Waals surface area contributed by atoms with E-state index in [0.717, 1.165) is 6.54 Å². The van der Waals surface area contributed by atoms with Crippen molar-refractivity contribution < 1.29 is 8.42 Å². The number of sulfonamides is 1. The Hall–Kier alpha value is -1.40. The van der Waals surface area contributed by atoms with Gasteiger partial charge in [0.15, 0.2) is 0 Å². The second-order valence-electron chi connectivity index (χ2n) is 5.46. The lowest BCUT2D eigenvalue weighted by molar-refractivity contribution is 0.365. The SMILES string of the molecule is CNCC(C)(C)CN=C1NS(=O)(=O)c2ccccc21. The van der Waals surface area contributed by atoms with Gasteiger partial charge in [0.1, 0.15) is 5.84 Å². The maximum atomic E-state index is 11.9. The molecule has 0 saturated carbocycles. The smallest absolute Gasteiger partial charge is 0.263 e. The minimum Gasteiger partial charge on any atom is -0.319 e. The van der Waals surface area contributed by atoms with E-state index in [4.69, 9.17) is 0 Å². The van der Waals surface area contributed by atoms with E-state index < -0.39 is 10.0 Å². The molecule has 2 N–H and O–H groups in total. The average molecular weight is 281 g/mol. The molecule has 1 aromatic rings. The Labute approximate surface area is 114 Å². The van der Waals surface area contributed by atoms with E-state index in [-0.39, 0.29) is 5.41 Å². The second-order valence-corrected chi connectivity index (χ2v) is 7.11.